The first-order valence-corrected chi connectivity index (χ1v) is 7.30. The van der Waals surface area contributed by atoms with Gasteiger partial charge < -0.3 is 5.32 Å². The maximum atomic E-state index is 12.1. The van der Waals surface area contributed by atoms with Crippen molar-refractivity contribution in [2.24, 2.45) is 0 Å². The molecule has 100 valence electrons. The van der Waals surface area contributed by atoms with Gasteiger partial charge in [0.2, 0.25) is 0 Å². The molecule has 1 aliphatic heterocycles. The molecule has 2 aromatic carbocycles. The second-order valence-electron chi connectivity index (χ2n) is 5.51. The molecule has 0 saturated carbocycles. The van der Waals surface area contributed by atoms with Crippen molar-refractivity contribution in [2.45, 2.75) is 24.8 Å². The third kappa shape index (κ3) is 1.68. The fraction of sp³-hybridized carbons (Fsp3) is 0.235. The van der Waals surface area contributed by atoms with Gasteiger partial charge in [0.25, 0.3) is 0 Å². The van der Waals surface area contributed by atoms with Gasteiger partial charge in [-0.1, -0.05) is 35.9 Å². The van der Waals surface area contributed by atoms with Gasteiger partial charge in [0.1, 0.15) is 0 Å². The Balaban J connectivity index is 1.80. The molecular formula is C17H14ClNO. The number of hydrogen-bond acceptors (Lipinski definition) is 2. The molecule has 2 atom stereocenters. The maximum Gasteiger partial charge on any atom is 0.163 e. The van der Waals surface area contributed by atoms with Crippen LogP contribution in [0.2, 0.25) is 5.02 Å². The summed E-state index contributed by atoms with van der Waals surface area (Å²) in [5.41, 5.74) is 4.46. The molecule has 0 amide bonds. The molecule has 20 heavy (non-hydrogen) atoms. The van der Waals surface area contributed by atoms with Crippen molar-refractivity contribution in [3.05, 3.63) is 64.2 Å². The molecule has 0 saturated heterocycles. The average molecular weight is 284 g/mol. The van der Waals surface area contributed by atoms with Crippen molar-refractivity contribution >= 4 is 23.1 Å². The summed E-state index contributed by atoms with van der Waals surface area (Å²) in [5, 5.41) is 4.33. The minimum Gasteiger partial charge on any atom is -0.377 e. The number of halogens is 1. The first-order valence-electron chi connectivity index (χ1n) is 6.92. The molecule has 2 unspecified atom stereocenters. The van der Waals surface area contributed by atoms with E-state index in [9.17, 15) is 4.79 Å². The Kier molecular flexibility index (Phi) is 2.61. The second-order valence-corrected chi connectivity index (χ2v) is 5.95. The third-order valence-corrected chi connectivity index (χ3v) is 4.65. The number of Topliss-reactive ketones (excluding diaryl/α,β-unsaturated/α-hetero) is 1. The van der Waals surface area contributed by atoms with Gasteiger partial charge in [0.05, 0.1) is 6.04 Å². The Morgan fingerprint density at radius 2 is 1.90 bits per heavy atom. The summed E-state index contributed by atoms with van der Waals surface area (Å²) in [6, 6.07) is 14.2. The van der Waals surface area contributed by atoms with Crippen LogP contribution in [0.4, 0.5) is 5.69 Å². The van der Waals surface area contributed by atoms with Crippen LogP contribution < -0.4 is 5.32 Å². The van der Waals surface area contributed by atoms with Crippen LogP contribution in [0.15, 0.2) is 42.5 Å². The highest BCUT2D eigenvalue weighted by atomic mass is 35.5. The van der Waals surface area contributed by atoms with Crippen LogP contribution in [0, 0.1) is 0 Å². The molecule has 4 rings (SSSR count). The summed E-state index contributed by atoms with van der Waals surface area (Å²) in [4.78, 5) is 12.1. The Hall–Kier alpha value is -1.80. The maximum absolute atomic E-state index is 12.1. The van der Waals surface area contributed by atoms with E-state index in [1.165, 1.54) is 11.1 Å². The number of benzene rings is 2. The molecule has 1 heterocycles. The van der Waals surface area contributed by atoms with Crippen molar-refractivity contribution in [3.8, 4) is 0 Å². The fourth-order valence-corrected chi connectivity index (χ4v) is 3.61. The number of carbonyl (C=O) groups excluding carboxylic acids is 1. The van der Waals surface area contributed by atoms with Gasteiger partial charge in [0.15, 0.2) is 5.78 Å². The van der Waals surface area contributed by atoms with E-state index in [2.05, 4.69) is 23.5 Å². The highest BCUT2D eigenvalue weighted by Crippen LogP contribution is 2.50. The summed E-state index contributed by atoms with van der Waals surface area (Å²) < 4.78 is 0. The highest BCUT2D eigenvalue weighted by molar-refractivity contribution is 6.30. The quantitative estimate of drug-likeness (QED) is 0.831. The largest absolute Gasteiger partial charge is 0.377 e. The van der Waals surface area contributed by atoms with E-state index in [1.54, 1.807) is 0 Å². The summed E-state index contributed by atoms with van der Waals surface area (Å²) in [7, 11) is 0. The minimum absolute atomic E-state index is 0.247. The standard InChI is InChI=1S/C17H14ClNO/c18-11-6-4-10(5-7-11)17-13-8-9-15(20)12-2-1-3-14(19-17)16(12)13/h1-7,13,17,19H,8-9H2. The lowest BCUT2D eigenvalue weighted by molar-refractivity contribution is 0.0966. The van der Waals surface area contributed by atoms with Gasteiger partial charge in [-0.05, 0) is 35.7 Å². The van der Waals surface area contributed by atoms with Crippen molar-refractivity contribution in [1.82, 2.24) is 0 Å². The van der Waals surface area contributed by atoms with Crippen LogP contribution in [-0.4, -0.2) is 5.78 Å². The number of anilines is 1. The smallest absolute Gasteiger partial charge is 0.163 e. The first-order chi connectivity index (χ1) is 9.74. The lowest BCUT2D eigenvalue weighted by Crippen LogP contribution is -2.18. The third-order valence-electron chi connectivity index (χ3n) is 4.40. The SMILES string of the molecule is O=C1CCC2c3c(cccc31)NC2c1ccc(Cl)cc1. The molecule has 1 aliphatic carbocycles. The van der Waals surface area contributed by atoms with Gasteiger partial charge in [-0.3, -0.25) is 4.79 Å². The van der Waals surface area contributed by atoms with Crippen LogP contribution in [0.3, 0.4) is 0 Å². The molecule has 2 aliphatic rings. The predicted octanol–water partition coefficient (Wildman–Crippen LogP) is 4.57. The molecule has 0 fully saturated rings. The zero-order chi connectivity index (χ0) is 13.7. The monoisotopic (exact) mass is 283 g/mol. The van der Waals surface area contributed by atoms with Gasteiger partial charge in [-0.25, -0.2) is 0 Å². The molecule has 0 spiro atoms. The molecular weight excluding hydrogens is 270 g/mol. The van der Waals surface area contributed by atoms with Crippen LogP contribution in [0.5, 0.6) is 0 Å². The van der Waals surface area contributed by atoms with E-state index >= 15 is 0 Å². The van der Waals surface area contributed by atoms with Crippen molar-refractivity contribution < 1.29 is 4.79 Å². The molecule has 0 bridgehead atoms. The molecule has 0 aromatic heterocycles. The Morgan fingerprint density at radius 1 is 1.10 bits per heavy atom. The van der Waals surface area contributed by atoms with E-state index < -0.39 is 0 Å². The summed E-state index contributed by atoms with van der Waals surface area (Å²) in [5.74, 6) is 0.664. The summed E-state index contributed by atoms with van der Waals surface area (Å²) >= 11 is 5.97. The van der Waals surface area contributed by atoms with Gasteiger partial charge >= 0.3 is 0 Å². The molecule has 3 heteroatoms. The number of nitrogens with one attached hydrogen (secondary N) is 1. The minimum atomic E-state index is 0.247. The number of hydrogen-bond donors (Lipinski definition) is 1. The van der Waals surface area contributed by atoms with Gasteiger partial charge in [-0.2, -0.15) is 0 Å². The highest BCUT2D eigenvalue weighted by Gasteiger charge is 2.38. The van der Waals surface area contributed by atoms with Crippen molar-refractivity contribution in [2.75, 3.05) is 5.32 Å². The Bertz CT molecular complexity index is 693. The number of carbonyl (C=O) groups is 1. The van der Waals surface area contributed by atoms with E-state index in [0.29, 0.717) is 12.3 Å². The van der Waals surface area contributed by atoms with Crippen molar-refractivity contribution in [3.63, 3.8) is 0 Å². The van der Waals surface area contributed by atoms with E-state index in [0.717, 1.165) is 22.7 Å². The number of ketones is 1. The number of rotatable bonds is 1. The molecule has 1 N–H and O–H groups in total. The fourth-order valence-electron chi connectivity index (χ4n) is 3.49. The van der Waals surface area contributed by atoms with Gasteiger partial charge in [0, 0.05) is 28.6 Å². The van der Waals surface area contributed by atoms with E-state index in [1.807, 2.05) is 24.3 Å². The van der Waals surface area contributed by atoms with Gasteiger partial charge in [-0.15, -0.1) is 0 Å². The average Bonchev–Trinajstić information content (AvgIpc) is 2.84. The van der Waals surface area contributed by atoms with Crippen LogP contribution in [0.1, 0.15) is 46.3 Å². The van der Waals surface area contributed by atoms with Crippen LogP contribution in [-0.2, 0) is 0 Å². The first kappa shape index (κ1) is 12.0. The van der Waals surface area contributed by atoms with E-state index in [4.69, 9.17) is 11.6 Å². The topological polar surface area (TPSA) is 29.1 Å². The van der Waals surface area contributed by atoms with E-state index in [-0.39, 0.29) is 11.8 Å². The Labute approximate surface area is 122 Å². The molecule has 0 radical (unpaired) electrons. The van der Waals surface area contributed by atoms with Crippen molar-refractivity contribution in [1.29, 1.82) is 0 Å². The second kappa shape index (κ2) is 4.35. The lowest BCUT2D eigenvalue weighted by Gasteiger charge is -2.25. The summed E-state index contributed by atoms with van der Waals surface area (Å²) in [6.45, 7) is 0. The zero-order valence-corrected chi connectivity index (χ0v) is 11.7. The predicted molar refractivity (Wildman–Crippen MR) is 80.6 cm³/mol. The normalized spacial score (nSPS) is 23.4. The zero-order valence-electron chi connectivity index (χ0n) is 10.9. The molecule has 2 nitrogen and oxygen atoms in total. The van der Waals surface area contributed by atoms with Crippen LogP contribution >= 0.6 is 11.6 Å². The van der Waals surface area contributed by atoms with Crippen LogP contribution in [0.25, 0.3) is 0 Å². The molecule has 2 aromatic rings. The summed E-state index contributed by atoms with van der Waals surface area (Å²) in [6.07, 6.45) is 1.57. The lowest BCUT2D eigenvalue weighted by atomic mass is 9.78. The Morgan fingerprint density at radius 3 is 2.70 bits per heavy atom.